The second-order valence-electron chi connectivity index (χ2n) is 6.47. The van der Waals surface area contributed by atoms with E-state index in [0.717, 1.165) is 16.7 Å². The van der Waals surface area contributed by atoms with Crippen molar-refractivity contribution in [3.8, 4) is 0 Å². The molecule has 0 bridgehead atoms. The average Bonchev–Trinajstić information content (AvgIpc) is 2.67. The first kappa shape index (κ1) is 19.7. The first-order valence-corrected chi connectivity index (χ1v) is 9.16. The number of hydrogen-bond acceptors (Lipinski definition) is 2. The molecular weight excluding hydrogens is 324 g/mol. The zero-order valence-corrected chi connectivity index (χ0v) is 15.9. The van der Waals surface area contributed by atoms with Crippen LogP contribution in [-0.2, 0) is 22.6 Å². The third-order valence-electron chi connectivity index (χ3n) is 4.70. The summed E-state index contributed by atoms with van der Waals surface area (Å²) in [6, 6.07) is 17.5. The fraction of sp³-hybridized carbons (Fsp3) is 0.364. The Kier molecular flexibility index (Phi) is 7.39. The lowest BCUT2D eigenvalue weighted by Gasteiger charge is -2.30. The van der Waals surface area contributed by atoms with Crippen molar-refractivity contribution in [1.82, 2.24) is 10.2 Å². The predicted molar refractivity (Wildman–Crippen MR) is 105 cm³/mol. The molecule has 0 aliphatic rings. The highest BCUT2D eigenvalue weighted by Gasteiger charge is 2.27. The zero-order valence-electron chi connectivity index (χ0n) is 15.9. The van der Waals surface area contributed by atoms with Crippen LogP contribution in [0.4, 0.5) is 0 Å². The highest BCUT2D eigenvalue weighted by Crippen LogP contribution is 2.17. The second-order valence-corrected chi connectivity index (χ2v) is 6.47. The van der Waals surface area contributed by atoms with Crippen molar-refractivity contribution in [3.63, 3.8) is 0 Å². The average molecular weight is 352 g/mol. The number of nitrogens with one attached hydrogen (secondary N) is 1. The van der Waals surface area contributed by atoms with Gasteiger partial charge >= 0.3 is 0 Å². The second kappa shape index (κ2) is 9.76. The zero-order chi connectivity index (χ0) is 18.9. The lowest BCUT2D eigenvalue weighted by Crippen LogP contribution is -2.48. The Hall–Kier alpha value is -2.62. The van der Waals surface area contributed by atoms with Gasteiger partial charge in [0.2, 0.25) is 11.8 Å². The van der Waals surface area contributed by atoms with Gasteiger partial charge in [-0.1, -0.05) is 61.5 Å². The van der Waals surface area contributed by atoms with E-state index in [2.05, 4.69) is 5.32 Å². The van der Waals surface area contributed by atoms with Crippen molar-refractivity contribution in [3.05, 3.63) is 71.3 Å². The quantitative estimate of drug-likeness (QED) is 0.791. The van der Waals surface area contributed by atoms with Crippen LogP contribution in [0, 0.1) is 6.92 Å². The SMILES string of the molecule is CC[C@@H](C(=O)NC)N(Cc1ccccc1C)C(=O)CCc1ccccc1. The van der Waals surface area contributed by atoms with E-state index < -0.39 is 6.04 Å². The van der Waals surface area contributed by atoms with Crippen molar-refractivity contribution in [1.29, 1.82) is 0 Å². The van der Waals surface area contributed by atoms with Crippen LogP contribution in [0.5, 0.6) is 0 Å². The molecule has 2 aromatic rings. The number of nitrogens with zero attached hydrogens (tertiary/aromatic N) is 1. The number of hydrogen-bond donors (Lipinski definition) is 1. The number of benzene rings is 2. The van der Waals surface area contributed by atoms with Crippen molar-refractivity contribution >= 4 is 11.8 Å². The van der Waals surface area contributed by atoms with Crippen LogP contribution in [0.1, 0.15) is 36.5 Å². The summed E-state index contributed by atoms with van der Waals surface area (Å²) in [5, 5.41) is 2.69. The topological polar surface area (TPSA) is 49.4 Å². The van der Waals surface area contributed by atoms with Gasteiger partial charge in [-0.25, -0.2) is 0 Å². The number of rotatable bonds is 8. The molecular formula is C22H28N2O2. The third kappa shape index (κ3) is 5.19. The van der Waals surface area contributed by atoms with Gasteiger partial charge in [-0.3, -0.25) is 9.59 Å². The first-order valence-electron chi connectivity index (χ1n) is 9.16. The molecule has 0 aliphatic carbocycles. The molecule has 4 heteroatoms. The number of aryl methyl sites for hydroxylation is 2. The van der Waals surface area contributed by atoms with E-state index in [-0.39, 0.29) is 11.8 Å². The third-order valence-corrected chi connectivity index (χ3v) is 4.70. The largest absolute Gasteiger partial charge is 0.357 e. The van der Waals surface area contributed by atoms with E-state index in [9.17, 15) is 9.59 Å². The minimum atomic E-state index is -0.456. The van der Waals surface area contributed by atoms with E-state index >= 15 is 0 Å². The molecule has 0 heterocycles. The van der Waals surface area contributed by atoms with Crippen LogP contribution >= 0.6 is 0 Å². The first-order chi connectivity index (χ1) is 12.6. The summed E-state index contributed by atoms with van der Waals surface area (Å²) in [7, 11) is 1.62. The fourth-order valence-electron chi connectivity index (χ4n) is 3.10. The van der Waals surface area contributed by atoms with Gasteiger partial charge < -0.3 is 10.2 Å². The molecule has 0 aromatic heterocycles. The summed E-state index contributed by atoms with van der Waals surface area (Å²) in [6.45, 7) is 4.42. The summed E-state index contributed by atoms with van der Waals surface area (Å²) in [4.78, 5) is 27.1. The van der Waals surface area contributed by atoms with Gasteiger partial charge in [0.15, 0.2) is 0 Å². The number of carbonyl (C=O) groups is 2. The lowest BCUT2D eigenvalue weighted by molar-refractivity contribution is -0.141. The molecule has 4 nitrogen and oxygen atoms in total. The van der Waals surface area contributed by atoms with Gasteiger partial charge in [0.25, 0.3) is 0 Å². The summed E-state index contributed by atoms with van der Waals surface area (Å²) >= 11 is 0. The van der Waals surface area contributed by atoms with E-state index in [1.807, 2.05) is 68.4 Å². The lowest BCUT2D eigenvalue weighted by atomic mass is 10.0. The molecule has 138 valence electrons. The summed E-state index contributed by atoms with van der Waals surface area (Å²) in [5.41, 5.74) is 3.33. The molecule has 0 saturated carbocycles. The Morgan fingerprint density at radius 1 is 1.04 bits per heavy atom. The molecule has 0 unspecified atom stereocenters. The minimum absolute atomic E-state index is 0.00700. The molecule has 2 aromatic carbocycles. The summed E-state index contributed by atoms with van der Waals surface area (Å²) in [6.07, 6.45) is 1.65. The van der Waals surface area contributed by atoms with Crippen LogP contribution in [0.2, 0.25) is 0 Å². The molecule has 1 N–H and O–H groups in total. The predicted octanol–water partition coefficient (Wildman–Crippen LogP) is 3.48. The van der Waals surface area contributed by atoms with Gasteiger partial charge in [0.1, 0.15) is 6.04 Å². The van der Waals surface area contributed by atoms with Gasteiger partial charge in [0, 0.05) is 20.0 Å². The molecule has 2 rings (SSSR count). The normalized spacial score (nSPS) is 11.7. The molecule has 0 fully saturated rings. The van der Waals surface area contributed by atoms with Crippen LogP contribution in [0.15, 0.2) is 54.6 Å². The Labute approximate surface area is 156 Å². The minimum Gasteiger partial charge on any atom is -0.357 e. The van der Waals surface area contributed by atoms with Crippen LogP contribution in [-0.4, -0.2) is 29.8 Å². The van der Waals surface area contributed by atoms with Gasteiger partial charge in [-0.05, 0) is 36.5 Å². The number of amides is 2. The fourth-order valence-corrected chi connectivity index (χ4v) is 3.10. The van der Waals surface area contributed by atoms with Crippen LogP contribution in [0.25, 0.3) is 0 Å². The van der Waals surface area contributed by atoms with Crippen molar-refractivity contribution < 1.29 is 9.59 Å². The van der Waals surface area contributed by atoms with Crippen molar-refractivity contribution in [2.75, 3.05) is 7.05 Å². The highest BCUT2D eigenvalue weighted by molar-refractivity contribution is 5.87. The molecule has 26 heavy (non-hydrogen) atoms. The highest BCUT2D eigenvalue weighted by atomic mass is 16.2. The van der Waals surface area contributed by atoms with Gasteiger partial charge in [-0.2, -0.15) is 0 Å². The molecule has 0 saturated heterocycles. The van der Waals surface area contributed by atoms with E-state index in [4.69, 9.17) is 0 Å². The van der Waals surface area contributed by atoms with Gasteiger partial charge in [0.05, 0.1) is 0 Å². The Morgan fingerprint density at radius 2 is 1.69 bits per heavy atom. The molecule has 0 spiro atoms. The smallest absolute Gasteiger partial charge is 0.242 e. The Balaban J connectivity index is 2.19. The molecule has 0 aliphatic heterocycles. The van der Waals surface area contributed by atoms with E-state index in [0.29, 0.717) is 25.8 Å². The summed E-state index contributed by atoms with van der Waals surface area (Å²) in [5.74, 6) is -0.110. The Bertz CT molecular complexity index is 728. The van der Waals surface area contributed by atoms with Crippen LogP contribution < -0.4 is 5.32 Å². The Morgan fingerprint density at radius 3 is 2.31 bits per heavy atom. The maximum Gasteiger partial charge on any atom is 0.242 e. The number of carbonyl (C=O) groups excluding carboxylic acids is 2. The molecule has 2 amide bonds. The standard InChI is InChI=1S/C22H28N2O2/c1-4-20(22(26)23-3)24(16-19-13-9-8-10-17(19)2)21(25)15-14-18-11-6-5-7-12-18/h5-13,20H,4,14-16H2,1-3H3,(H,23,26)/t20-/m0/s1. The van der Waals surface area contributed by atoms with Crippen molar-refractivity contribution in [2.24, 2.45) is 0 Å². The molecule has 0 radical (unpaired) electrons. The molecule has 1 atom stereocenters. The van der Waals surface area contributed by atoms with Crippen LogP contribution in [0.3, 0.4) is 0 Å². The summed E-state index contributed by atoms with van der Waals surface area (Å²) < 4.78 is 0. The van der Waals surface area contributed by atoms with E-state index in [1.54, 1.807) is 11.9 Å². The van der Waals surface area contributed by atoms with E-state index in [1.165, 1.54) is 0 Å². The van der Waals surface area contributed by atoms with Gasteiger partial charge in [-0.15, -0.1) is 0 Å². The maximum atomic E-state index is 13.0. The van der Waals surface area contributed by atoms with Crippen molar-refractivity contribution in [2.45, 2.75) is 45.7 Å². The number of likely N-dealkylation sites (N-methyl/N-ethyl adjacent to an activating group) is 1. The maximum absolute atomic E-state index is 13.0. The monoisotopic (exact) mass is 352 g/mol.